The smallest absolute Gasteiger partial charge is 0.253 e. The minimum absolute atomic E-state index is 0.166. The van der Waals surface area contributed by atoms with Crippen molar-refractivity contribution in [3.63, 3.8) is 0 Å². The molecule has 1 aromatic heterocycles. The molecule has 0 atom stereocenters. The van der Waals surface area contributed by atoms with Crippen molar-refractivity contribution in [2.45, 2.75) is 57.1 Å². The van der Waals surface area contributed by atoms with Gasteiger partial charge in [-0.15, -0.1) is 0 Å². The van der Waals surface area contributed by atoms with Gasteiger partial charge in [-0.25, -0.2) is 9.97 Å². The minimum atomic E-state index is -0.212. The second-order valence-electron chi connectivity index (χ2n) is 8.18. The summed E-state index contributed by atoms with van der Waals surface area (Å²) in [5.74, 6) is 0.470. The molecule has 2 aliphatic rings. The zero-order valence-electron chi connectivity index (χ0n) is 17.1. The Morgan fingerprint density at radius 2 is 2.03 bits per heavy atom. The number of carbonyl (C=O) groups is 2. The first-order valence-electron chi connectivity index (χ1n) is 10.9. The molecular weight excluding hydrogens is 382 g/mol. The Morgan fingerprint density at radius 1 is 1.20 bits per heavy atom. The number of carbonyl (C=O) groups excluding carboxylic acids is 2. The number of amides is 2. The van der Waals surface area contributed by atoms with Gasteiger partial charge in [0.2, 0.25) is 11.9 Å². The van der Waals surface area contributed by atoms with Gasteiger partial charge in [0.05, 0.1) is 17.2 Å². The number of hydrogen-bond donors (Lipinski definition) is 3. The Labute approximate surface area is 176 Å². The molecule has 2 aromatic rings. The predicted octanol–water partition coefficient (Wildman–Crippen LogP) is 2.09. The summed E-state index contributed by atoms with van der Waals surface area (Å²) in [5, 5.41) is 16.7. The van der Waals surface area contributed by atoms with Gasteiger partial charge in [-0.2, -0.15) is 0 Å². The van der Waals surface area contributed by atoms with Crippen molar-refractivity contribution in [1.29, 1.82) is 0 Å². The molecule has 3 N–H and O–H groups in total. The van der Waals surface area contributed by atoms with Crippen molar-refractivity contribution in [1.82, 2.24) is 20.2 Å². The molecule has 30 heavy (non-hydrogen) atoms. The van der Waals surface area contributed by atoms with Crippen LogP contribution < -0.4 is 10.6 Å². The number of aromatic nitrogens is 2. The number of para-hydroxylation sites is 1. The molecule has 0 unspecified atom stereocenters. The molecule has 1 aliphatic carbocycles. The van der Waals surface area contributed by atoms with Crippen LogP contribution in [0.1, 0.15) is 55.3 Å². The third kappa shape index (κ3) is 4.87. The third-order valence-electron chi connectivity index (χ3n) is 5.97. The van der Waals surface area contributed by atoms with Crippen LogP contribution >= 0.6 is 0 Å². The summed E-state index contributed by atoms with van der Waals surface area (Å²) in [6.45, 7) is 1.72. The van der Waals surface area contributed by atoms with Gasteiger partial charge in [-0.3, -0.25) is 9.59 Å². The van der Waals surface area contributed by atoms with Crippen molar-refractivity contribution in [3.8, 4) is 0 Å². The summed E-state index contributed by atoms with van der Waals surface area (Å²) >= 11 is 0. The Morgan fingerprint density at radius 3 is 2.83 bits per heavy atom. The van der Waals surface area contributed by atoms with Crippen LogP contribution in [0.25, 0.3) is 10.9 Å². The monoisotopic (exact) mass is 411 g/mol. The maximum Gasteiger partial charge on any atom is 0.253 e. The molecule has 2 amide bonds. The lowest BCUT2D eigenvalue weighted by atomic mass is 9.93. The number of piperidine rings is 1. The summed E-state index contributed by atoms with van der Waals surface area (Å²) in [6.07, 6.45) is 7.40. The first kappa shape index (κ1) is 20.5. The van der Waals surface area contributed by atoms with Gasteiger partial charge in [-0.1, -0.05) is 12.1 Å². The van der Waals surface area contributed by atoms with Crippen LogP contribution in [-0.2, 0) is 4.79 Å². The fraction of sp³-hybridized carbons (Fsp3) is 0.545. The number of hydrogen-bond acceptors (Lipinski definition) is 6. The lowest BCUT2D eigenvalue weighted by molar-refractivity contribution is -0.133. The molecule has 8 heteroatoms. The van der Waals surface area contributed by atoms with Crippen LogP contribution in [0.15, 0.2) is 24.4 Å². The van der Waals surface area contributed by atoms with Crippen molar-refractivity contribution in [2.24, 2.45) is 0 Å². The Bertz CT molecular complexity index is 911. The van der Waals surface area contributed by atoms with E-state index >= 15 is 0 Å². The van der Waals surface area contributed by atoms with E-state index in [1.807, 2.05) is 17.0 Å². The molecule has 1 aliphatic heterocycles. The fourth-order valence-corrected chi connectivity index (χ4v) is 4.21. The number of aliphatic hydroxyl groups is 1. The van der Waals surface area contributed by atoms with Gasteiger partial charge in [0.15, 0.2) is 0 Å². The van der Waals surface area contributed by atoms with E-state index in [1.54, 1.807) is 12.3 Å². The van der Waals surface area contributed by atoms with Crippen LogP contribution in [0.4, 0.5) is 5.95 Å². The Balaban J connectivity index is 1.42. The van der Waals surface area contributed by atoms with Crippen molar-refractivity contribution in [2.75, 3.05) is 25.0 Å². The van der Waals surface area contributed by atoms with E-state index in [-0.39, 0.29) is 24.0 Å². The van der Waals surface area contributed by atoms with Gasteiger partial charge in [0.1, 0.15) is 0 Å². The quantitative estimate of drug-likeness (QED) is 0.672. The molecule has 8 nitrogen and oxygen atoms in total. The highest BCUT2D eigenvalue weighted by molar-refractivity contribution is 6.05. The van der Waals surface area contributed by atoms with E-state index in [0.29, 0.717) is 36.5 Å². The van der Waals surface area contributed by atoms with Crippen LogP contribution in [0.5, 0.6) is 0 Å². The van der Waals surface area contributed by atoms with Gasteiger partial charge in [-0.05, 0) is 44.6 Å². The lowest BCUT2D eigenvalue weighted by Crippen LogP contribution is -2.41. The standard InChI is InChI=1S/C22H29N5O3/c28-17-9-7-16(8-10-17)25-22-24-14-15-4-3-5-18(20(15)26-22)21(30)23-11-13-27-12-2-1-6-19(27)29/h3-5,14,16-17,28H,1-2,6-13H2,(H,23,30)(H,24,25,26). The molecule has 4 rings (SSSR count). The minimum Gasteiger partial charge on any atom is -0.393 e. The third-order valence-corrected chi connectivity index (χ3v) is 5.97. The van der Waals surface area contributed by atoms with Crippen molar-refractivity contribution < 1.29 is 14.7 Å². The van der Waals surface area contributed by atoms with Crippen molar-refractivity contribution >= 4 is 28.7 Å². The largest absolute Gasteiger partial charge is 0.393 e. The zero-order chi connectivity index (χ0) is 20.9. The maximum absolute atomic E-state index is 12.8. The first-order chi connectivity index (χ1) is 14.6. The SMILES string of the molecule is O=C(NCCN1CCCCC1=O)c1cccc2cnc(NC3CCC(O)CC3)nc12. The highest BCUT2D eigenvalue weighted by Crippen LogP contribution is 2.23. The van der Waals surface area contributed by atoms with E-state index < -0.39 is 0 Å². The number of benzene rings is 1. The van der Waals surface area contributed by atoms with E-state index in [1.165, 1.54) is 0 Å². The second kappa shape index (κ2) is 9.38. The molecule has 0 spiro atoms. The van der Waals surface area contributed by atoms with Crippen LogP contribution in [0.2, 0.25) is 0 Å². The fourth-order valence-electron chi connectivity index (χ4n) is 4.21. The predicted molar refractivity (Wildman–Crippen MR) is 114 cm³/mol. The topological polar surface area (TPSA) is 107 Å². The van der Waals surface area contributed by atoms with Crippen LogP contribution in [-0.4, -0.2) is 63.6 Å². The maximum atomic E-state index is 12.8. The number of rotatable bonds is 6. The van der Waals surface area contributed by atoms with E-state index in [4.69, 9.17) is 0 Å². The average Bonchev–Trinajstić information content (AvgIpc) is 2.76. The number of aliphatic hydroxyl groups excluding tert-OH is 1. The molecule has 2 heterocycles. The molecule has 0 bridgehead atoms. The highest BCUT2D eigenvalue weighted by Gasteiger charge is 2.21. The number of nitrogens with one attached hydrogen (secondary N) is 2. The average molecular weight is 412 g/mol. The van der Waals surface area contributed by atoms with Crippen molar-refractivity contribution in [3.05, 3.63) is 30.0 Å². The van der Waals surface area contributed by atoms with E-state index in [2.05, 4.69) is 20.6 Å². The number of fused-ring (bicyclic) bond motifs is 1. The van der Waals surface area contributed by atoms with Gasteiger partial charge in [0, 0.05) is 43.7 Å². The summed E-state index contributed by atoms with van der Waals surface area (Å²) in [6, 6.07) is 5.70. The number of nitrogens with zero attached hydrogens (tertiary/aromatic N) is 3. The Kier molecular flexibility index (Phi) is 6.42. The molecule has 160 valence electrons. The van der Waals surface area contributed by atoms with Gasteiger partial charge in [0.25, 0.3) is 5.91 Å². The van der Waals surface area contributed by atoms with E-state index in [9.17, 15) is 14.7 Å². The molecule has 2 fully saturated rings. The van der Waals surface area contributed by atoms with E-state index in [0.717, 1.165) is 50.5 Å². The summed E-state index contributed by atoms with van der Waals surface area (Å²) < 4.78 is 0. The Hall–Kier alpha value is -2.74. The lowest BCUT2D eigenvalue weighted by Gasteiger charge is -2.26. The summed E-state index contributed by atoms with van der Waals surface area (Å²) in [5.41, 5.74) is 1.11. The zero-order valence-corrected chi connectivity index (χ0v) is 17.1. The summed E-state index contributed by atoms with van der Waals surface area (Å²) in [7, 11) is 0. The van der Waals surface area contributed by atoms with Gasteiger partial charge < -0.3 is 20.6 Å². The molecule has 1 aromatic carbocycles. The van der Waals surface area contributed by atoms with Gasteiger partial charge >= 0.3 is 0 Å². The molecule has 1 saturated heterocycles. The summed E-state index contributed by atoms with van der Waals surface area (Å²) in [4.78, 5) is 35.5. The first-order valence-corrected chi connectivity index (χ1v) is 10.9. The normalized spacial score (nSPS) is 22.2. The molecule has 1 saturated carbocycles. The van der Waals surface area contributed by atoms with Crippen LogP contribution in [0, 0.1) is 0 Å². The second-order valence-corrected chi connectivity index (χ2v) is 8.18. The molecule has 0 radical (unpaired) electrons. The molecular formula is C22H29N5O3. The number of anilines is 1. The van der Waals surface area contributed by atoms with Crippen LogP contribution in [0.3, 0.4) is 0 Å². The highest BCUT2D eigenvalue weighted by atomic mass is 16.3. The number of likely N-dealkylation sites (tertiary alicyclic amines) is 1.